The molecule has 0 amide bonds. The molecule has 0 bridgehead atoms. The highest BCUT2D eigenvalue weighted by Gasteiger charge is 2.72. The van der Waals surface area contributed by atoms with Crippen molar-refractivity contribution in [1.29, 1.82) is 0 Å². The van der Waals surface area contributed by atoms with E-state index in [0.717, 1.165) is 24.3 Å². The topological polar surface area (TPSA) is 42.1 Å². The maximum atomic E-state index is 14.0. The molecule has 4 aromatic carbocycles. The summed E-state index contributed by atoms with van der Waals surface area (Å²) in [6.07, 6.45) is -11.7. The zero-order chi connectivity index (χ0) is 28.3. The number of carbonyl (C=O) groups is 1. The molecule has 0 aromatic heterocycles. The molecule has 2 saturated heterocycles. The van der Waals surface area contributed by atoms with E-state index in [4.69, 9.17) is 9.47 Å². The molecule has 0 aliphatic carbocycles. The van der Waals surface area contributed by atoms with E-state index in [0.29, 0.717) is 11.1 Å². The zero-order valence-electron chi connectivity index (χ0n) is 20.5. The van der Waals surface area contributed by atoms with Gasteiger partial charge in [-0.1, -0.05) is 84.9 Å². The summed E-state index contributed by atoms with van der Waals surface area (Å²) in [4.78, 5) is 14.0. The number of hydrogen-bond donors (Lipinski definition) is 0. The van der Waals surface area contributed by atoms with Crippen LogP contribution >= 0.6 is 0 Å². The number of Topliss-reactive ketones (excluding diaryl/α,β-unsaturated/α-hetero) is 1. The molecule has 0 saturated carbocycles. The van der Waals surface area contributed by atoms with Gasteiger partial charge in [-0.3, -0.25) is 4.79 Å². The molecule has 2 fully saturated rings. The Morgan fingerprint density at radius 3 is 1.23 bits per heavy atom. The largest absolute Gasteiger partial charge is 0.416 e. The highest BCUT2D eigenvalue weighted by Crippen LogP contribution is 2.59. The SMILES string of the molecule is O=C(C1OC1(c1ccccc1)c1cccc(C(F)(F)F)c1)C1OC1(c1ccccc1)c1cccc(C(F)(F)F)c1. The van der Waals surface area contributed by atoms with E-state index in [1.54, 1.807) is 60.7 Å². The lowest BCUT2D eigenvalue weighted by molar-refractivity contribution is -0.138. The van der Waals surface area contributed by atoms with Crippen molar-refractivity contribution in [3.8, 4) is 0 Å². The van der Waals surface area contributed by atoms with Gasteiger partial charge in [0, 0.05) is 0 Å². The summed E-state index contributed by atoms with van der Waals surface area (Å²) in [5.41, 5.74) is -3.60. The zero-order valence-corrected chi connectivity index (χ0v) is 20.5. The Labute approximate surface area is 225 Å². The fourth-order valence-corrected chi connectivity index (χ4v) is 5.39. The number of hydrogen-bond acceptors (Lipinski definition) is 3. The Morgan fingerprint density at radius 1 is 0.525 bits per heavy atom. The van der Waals surface area contributed by atoms with Gasteiger partial charge < -0.3 is 9.47 Å². The number of halogens is 6. The fourth-order valence-electron chi connectivity index (χ4n) is 5.39. The van der Waals surface area contributed by atoms with Gasteiger partial charge in [-0.2, -0.15) is 26.3 Å². The third kappa shape index (κ3) is 4.20. The van der Waals surface area contributed by atoms with Crippen LogP contribution in [0, 0.1) is 0 Å². The number of ether oxygens (including phenoxy) is 2. The first-order valence-corrected chi connectivity index (χ1v) is 12.3. The summed E-state index contributed by atoms with van der Waals surface area (Å²) in [6, 6.07) is 25.9. The third-order valence-electron chi connectivity index (χ3n) is 7.39. The van der Waals surface area contributed by atoms with Crippen LogP contribution in [0.4, 0.5) is 26.3 Å². The molecule has 4 atom stereocenters. The van der Waals surface area contributed by atoms with Gasteiger partial charge in [-0.05, 0) is 46.5 Å². The molecule has 2 aliphatic heterocycles. The maximum Gasteiger partial charge on any atom is 0.416 e. The number of epoxide rings is 2. The van der Waals surface area contributed by atoms with Crippen LogP contribution in [0.1, 0.15) is 33.4 Å². The molecular weight excluding hydrogens is 534 g/mol. The molecule has 40 heavy (non-hydrogen) atoms. The van der Waals surface area contributed by atoms with E-state index in [9.17, 15) is 31.1 Å². The lowest BCUT2D eigenvalue weighted by Crippen LogP contribution is -2.28. The monoisotopic (exact) mass is 554 g/mol. The minimum absolute atomic E-state index is 0.136. The second kappa shape index (κ2) is 9.04. The molecule has 204 valence electrons. The number of alkyl halides is 6. The van der Waals surface area contributed by atoms with Crippen LogP contribution in [0.5, 0.6) is 0 Å². The number of ketones is 1. The Balaban J connectivity index is 1.42. The molecule has 2 heterocycles. The summed E-state index contributed by atoms with van der Waals surface area (Å²) >= 11 is 0. The second-order valence-corrected chi connectivity index (χ2v) is 9.76. The molecule has 4 aromatic rings. The van der Waals surface area contributed by atoms with Crippen LogP contribution < -0.4 is 0 Å². The van der Waals surface area contributed by atoms with Gasteiger partial charge in [0.05, 0.1) is 11.1 Å². The Hall–Kier alpha value is -3.95. The van der Waals surface area contributed by atoms with E-state index < -0.39 is 52.7 Å². The van der Waals surface area contributed by atoms with Gasteiger partial charge in [0.1, 0.15) is 0 Å². The highest BCUT2D eigenvalue weighted by atomic mass is 19.4. The standard InChI is InChI=1S/C31H20F6O3/c32-30(33,34)23-15-7-13-21(17-23)28(19-9-3-1-4-10-19)26(39-28)25(38)27-29(40-27,20-11-5-2-6-12-20)22-14-8-16-24(18-22)31(35,36)37/h1-18,26-27H. The minimum Gasteiger partial charge on any atom is -0.347 e. The van der Waals surface area contributed by atoms with Crippen molar-refractivity contribution in [3.63, 3.8) is 0 Å². The summed E-state index contributed by atoms with van der Waals surface area (Å²) in [5.74, 6) is -0.581. The molecular formula is C31H20F6O3. The number of carbonyl (C=O) groups excluding carboxylic acids is 1. The number of rotatable bonds is 6. The van der Waals surface area contributed by atoms with Gasteiger partial charge in [0.15, 0.2) is 29.2 Å². The highest BCUT2D eigenvalue weighted by molar-refractivity contribution is 5.96. The molecule has 0 radical (unpaired) electrons. The molecule has 2 aliphatic rings. The van der Waals surface area contributed by atoms with Gasteiger partial charge in [0.2, 0.25) is 0 Å². The van der Waals surface area contributed by atoms with Crippen molar-refractivity contribution < 1.29 is 40.6 Å². The van der Waals surface area contributed by atoms with Crippen LogP contribution in [0.15, 0.2) is 109 Å². The van der Waals surface area contributed by atoms with Crippen LogP contribution in [0.3, 0.4) is 0 Å². The van der Waals surface area contributed by atoms with Crippen LogP contribution in [-0.2, 0) is 37.8 Å². The maximum absolute atomic E-state index is 14.0. The van der Waals surface area contributed by atoms with Crippen molar-refractivity contribution in [2.45, 2.75) is 35.8 Å². The van der Waals surface area contributed by atoms with Crippen LogP contribution in [0.25, 0.3) is 0 Å². The number of benzene rings is 4. The Morgan fingerprint density at radius 2 is 0.875 bits per heavy atom. The first-order chi connectivity index (χ1) is 19.0. The van der Waals surface area contributed by atoms with E-state index in [-0.39, 0.29) is 11.1 Å². The fraction of sp³-hybridized carbons (Fsp3) is 0.194. The van der Waals surface area contributed by atoms with E-state index >= 15 is 0 Å². The predicted octanol–water partition coefficient (Wildman–Crippen LogP) is 7.28. The lowest BCUT2D eigenvalue weighted by Gasteiger charge is -2.17. The average molecular weight is 554 g/mol. The van der Waals surface area contributed by atoms with E-state index in [1.807, 2.05) is 0 Å². The third-order valence-corrected chi connectivity index (χ3v) is 7.39. The van der Waals surface area contributed by atoms with Crippen molar-refractivity contribution in [2.24, 2.45) is 0 Å². The smallest absolute Gasteiger partial charge is 0.347 e. The minimum atomic E-state index is -4.62. The normalized spacial score (nSPS) is 25.9. The molecule has 0 N–H and O–H groups in total. The van der Waals surface area contributed by atoms with Crippen LogP contribution in [0.2, 0.25) is 0 Å². The van der Waals surface area contributed by atoms with Crippen molar-refractivity contribution in [1.82, 2.24) is 0 Å². The van der Waals surface area contributed by atoms with Crippen molar-refractivity contribution in [3.05, 3.63) is 143 Å². The van der Waals surface area contributed by atoms with Crippen molar-refractivity contribution in [2.75, 3.05) is 0 Å². The van der Waals surface area contributed by atoms with E-state index in [1.165, 1.54) is 24.3 Å². The second-order valence-electron chi connectivity index (χ2n) is 9.76. The summed E-state index contributed by atoms with van der Waals surface area (Å²) in [7, 11) is 0. The Bertz CT molecular complexity index is 1450. The first-order valence-electron chi connectivity index (χ1n) is 12.3. The van der Waals surface area contributed by atoms with Crippen LogP contribution in [-0.4, -0.2) is 18.0 Å². The van der Waals surface area contributed by atoms with Gasteiger partial charge in [-0.25, -0.2) is 0 Å². The molecule has 6 rings (SSSR count). The van der Waals surface area contributed by atoms with Gasteiger partial charge >= 0.3 is 12.4 Å². The molecule has 9 heteroatoms. The van der Waals surface area contributed by atoms with Gasteiger partial charge in [0.25, 0.3) is 0 Å². The Kier molecular flexibility index (Phi) is 5.94. The molecule has 3 nitrogen and oxygen atoms in total. The van der Waals surface area contributed by atoms with Gasteiger partial charge in [-0.15, -0.1) is 0 Å². The quantitative estimate of drug-likeness (QED) is 0.186. The summed E-state index contributed by atoms with van der Waals surface area (Å²) in [5, 5.41) is 0. The first kappa shape index (κ1) is 26.3. The van der Waals surface area contributed by atoms with Crippen molar-refractivity contribution >= 4 is 5.78 Å². The predicted molar refractivity (Wildman–Crippen MR) is 132 cm³/mol. The lowest BCUT2D eigenvalue weighted by atomic mass is 9.81. The molecule has 4 unspecified atom stereocenters. The van der Waals surface area contributed by atoms with E-state index in [2.05, 4.69) is 0 Å². The molecule has 0 spiro atoms. The summed E-state index contributed by atoms with van der Waals surface area (Å²) < 4.78 is 93.3. The summed E-state index contributed by atoms with van der Waals surface area (Å²) in [6.45, 7) is 0. The average Bonchev–Trinajstić information content (AvgIpc) is 3.87.